The second-order valence-corrected chi connectivity index (χ2v) is 3.80. The number of aliphatic hydroxyl groups excluding tert-OH is 1. The van der Waals surface area contributed by atoms with Gasteiger partial charge in [0.1, 0.15) is 11.5 Å². The van der Waals surface area contributed by atoms with Gasteiger partial charge in [0.25, 0.3) is 0 Å². The fourth-order valence-corrected chi connectivity index (χ4v) is 1.61. The maximum absolute atomic E-state index is 10.0. The summed E-state index contributed by atoms with van der Waals surface area (Å²) >= 11 is 0. The summed E-state index contributed by atoms with van der Waals surface area (Å²) in [5, 5.41) is 10.0. The van der Waals surface area contributed by atoms with Crippen molar-refractivity contribution in [3.63, 3.8) is 0 Å². The van der Waals surface area contributed by atoms with Crippen LogP contribution in [0.2, 0.25) is 0 Å². The molecular formula is C13H20O4. The Morgan fingerprint density at radius 2 is 1.65 bits per heavy atom. The van der Waals surface area contributed by atoms with Gasteiger partial charge in [-0.3, -0.25) is 0 Å². The van der Waals surface area contributed by atoms with Crippen molar-refractivity contribution in [2.75, 3.05) is 27.9 Å². The molecule has 0 fully saturated rings. The standard InChI is InChI=1S/C13H20O4/c1-15-6-4-5-13(14)10-7-11(16-2)9-12(8-10)17-3/h7-9,13-14H,4-6H2,1-3H3. The Morgan fingerprint density at radius 3 is 2.12 bits per heavy atom. The largest absolute Gasteiger partial charge is 0.497 e. The molecule has 0 heterocycles. The lowest BCUT2D eigenvalue weighted by Crippen LogP contribution is -2.01. The van der Waals surface area contributed by atoms with E-state index in [-0.39, 0.29) is 0 Å². The van der Waals surface area contributed by atoms with Crippen molar-refractivity contribution in [2.45, 2.75) is 18.9 Å². The summed E-state index contributed by atoms with van der Waals surface area (Å²) in [6, 6.07) is 5.42. The Kier molecular flexibility index (Phi) is 5.80. The van der Waals surface area contributed by atoms with E-state index >= 15 is 0 Å². The van der Waals surface area contributed by atoms with Gasteiger partial charge in [-0.1, -0.05) is 0 Å². The van der Waals surface area contributed by atoms with Crippen molar-refractivity contribution in [1.82, 2.24) is 0 Å². The molecule has 0 radical (unpaired) electrons. The fraction of sp³-hybridized carbons (Fsp3) is 0.538. The van der Waals surface area contributed by atoms with E-state index in [0.717, 1.165) is 12.0 Å². The molecule has 4 nitrogen and oxygen atoms in total. The molecule has 0 aliphatic rings. The zero-order valence-corrected chi connectivity index (χ0v) is 10.6. The molecule has 0 aliphatic carbocycles. The molecule has 96 valence electrons. The fourth-order valence-electron chi connectivity index (χ4n) is 1.61. The highest BCUT2D eigenvalue weighted by Crippen LogP contribution is 2.28. The van der Waals surface area contributed by atoms with Crippen LogP contribution < -0.4 is 9.47 Å². The van der Waals surface area contributed by atoms with Gasteiger partial charge in [-0.2, -0.15) is 0 Å². The summed E-state index contributed by atoms with van der Waals surface area (Å²) in [5.41, 5.74) is 0.803. The van der Waals surface area contributed by atoms with E-state index in [1.807, 2.05) is 12.1 Å². The molecule has 1 unspecified atom stereocenters. The van der Waals surface area contributed by atoms with Crippen LogP contribution in [0.25, 0.3) is 0 Å². The van der Waals surface area contributed by atoms with Crippen LogP contribution in [-0.4, -0.2) is 33.0 Å². The quantitative estimate of drug-likeness (QED) is 0.742. The number of hydrogen-bond donors (Lipinski definition) is 1. The summed E-state index contributed by atoms with van der Waals surface area (Å²) in [4.78, 5) is 0. The van der Waals surface area contributed by atoms with Crippen molar-refractivity contribution in [3.05, 3.63) is 23.8 Å². The Balaban J connectivity index is 2.73. The Morgan fingerprint density at radius 1 is 1.06 bits per heavy atom. The molecule has 0 bridgehead atoms. The van der Waals surface area contributed by atoms with Crippen molar-refractivity contribution in [1.29, 1.82) is 0 Å². The van der Waals surface area contributed by atoms with Gasteiger partial charge in [-0.15, -0.1) is 0 Å². The van der Waals surface area contributed by atoms with Gasteiger partial charge in [0, 0.05) is 19.8 Å². The number of rotatable bonds is 7. The molecule has 17 heavy (non-hydrogen) atoms. The summed E-state index contributed by atoms with van der Waals surface area (Å²) in [6.45, 7) is 0.651. The smallest absolute Gasteiger partial charge is 0.122 e. The first-order valence-electron chi connectivity index (χ1n) is 5.61. The molecule has 0 amide bonds. The second-order valence-electron chi connectivity index (χ2n) is 3.80. The van der Waals surface area contributed by atoms with Crippen molar-refractivity contribution < 1.29 is 19.3 Å². The average molecular weight is 240 g/mol. The summed E-state index contributed by atoms with van der Waals surface area (Å²) in [7, 11) is 4.84. The van der Waals surface area contributed by atoms with Crippen LogP contribution in [-0.2, 0) is 4.74 Å². The van der Waals surface area contributed by atoms with E-state index in [9.17, 15) is 5.11 Å². The summed E-state index contributed by atoms with van der Waals surface area (Å²) in [5.74, 6) is 1.37. The molecule has 4 heteroatoms. The first kappa shape index (κ1) is 13.8. The van der Waals surface area contributed by atoms with Crippen LogP contribution >= 0.6 is 0 Å². The van der Waals surface area contributed by atoms with Crippen molar-refractivity contribution >= 4 is 0 Å². The molecule has 0 aromatic heterocycles. The monoisotopic (exact) mass is 240 g/mol. The third-order valence-corrected chi connectivity index (χ3v) is 2.58. The molecule has 0 aliphatic heterocycles. The normalized spacial score (nSPS) is 12.2. The van der Waals surface area contributed by atoms with Gasteiger partial charge < -0.3 is 19.3 Å². The van der Waals surface area contributed by atoms with Crippen LogP contribution in [0.3, 0.4) is 0 Å². The molecule has 1 rings (SSSR count). The first-order valence-corrected chi connectivity index (χ1v) is 5.61. The summed E-state index contributed by atoms with van der Waals surface area (Å²) < 4.78 is 15.3. The predicted octanol–water partition coefficient (Wildman–Crippen LogP) is 2.16. The lowest BCUT2D eigenvalue weighted by atomic mass is 10.0. The Labute approximate surface area is 102 Å². The third-order valence-electron chi connectivity index (χ3n) is 2.58. The topological polar surface area (TPSA) is 47.9 Å². The molecule has 1 aromatic rings. The highest BCUT2D eigenvalue weighted by atomic mass is 16.5. The SMILES string of the molecule is COCCCC(O)c1cc(OC)cc(OC)c1. The molecule has 1 atom stereocenters. The molecule has 0 spiro atoms. The molecule has 1 N–H and O–H groups in total. The van der Waals surface area contributed by atoms with Gasteiger partial charge in [-0.05, 0) is 30.5 Å². The number of aliphatic hydroxyl groups is 1. The highest BCUT2D eigenvalue weighted by Gasteiger charge is 2.10. The lowest BCUT2D eigenvalue weighted by Gasteiger charge is -2.13. The first-order chi connectivity index (χ1) is 8.21. The van der Waals surface area contributed by atoms with Gasteiger partial charge in [0.2, 0.25) is 0 Å². The molecule has 1 aromatic carbocycles. The lowest BCUT2D eigenvalue weighted by molar-refractivity contribution is 0.136. The third kappa shape index (κ3) is 4.24. The minimum Gasteiger partial charge on any atom is -0.497 e. The maximum atomic E-state index is 10.0. The van der Waals surface area contributed by atoms with Crippen LogP contribution in [0, 0.1) is 0 Å². The minimum atomic E-state index is -0.519. The zero-order chi connectivity index (χ0) is 12.7. The van der Waals surface area contributed by atoms with Gasteiger partial charge in [-0.25, -0.2) is 0 Å². The molecule has 0 saturated carbocycles. The maximum Gasteiger partial charge on any atom is 0.122 e. The predicted molar refractivity (Wildman–Crippen MR) is 65.6 cm³/mol. The Hall–Kier alpha value is -1.26. The minimum absolute atomic E-state index is 0.519. The van der Waals surface area contributed by atoms with Crippen molar-refractivity contribution in [2.24, 2.45) is 0 Å². The van der Waals surface area contributed by atoms with E-state index < -0.39 is 6.10 Å². The Bertz CT molecular complexity index is 316. The van der Waals surface area contributed by atoms with E-state index in [4.69, 9.17) is 14.2 Å². The second kappa shape index (κ2) is 7.14. The highest BCUT2D eigenvalue weighted by molar-refractivity contribution is 5.39. The number of methoxy groups -OCH3 is 3. The summed E-state index contributed by atoms with van der Waals surface area (Å²) in [6.07, 6.45) is 0.954. The molecule has 0 saturated heterocycles. The number of hydrogen-bond acceptors (Lipinski definition) is 4. The van der Waals surface area contributed by atoms with Gasteiger partial charge in [0.05, 0.1) is 20.3 Å². The van der Waals surface area contributed by atoms with Crippen LogP contribution in [0.1, 0.15) is 24.5 Å². The zero-order valence-electron chi connectivity index (χ0n) is 10.6. The van der Waals surface area contributed by atoms with E-state index in [1.54, 1.807) is 27.4 Å². The van der Waals surface area contributed by atoms with Crippen LogP contribution in [0.15, 0.2) is 18.2 Å². The number of ether oxygens (including phenoxy) is 3. The van der Waals surface area contributed by atoms with Gasteiger partial charge >= 0.3 is 0 Å². The van der Waals surface area contributed by atoms with E-state index in [1.165, 1.54) is 0 Å². The average Bonchev–Trinajstić information content (AvgIpc) is 2.38. The number of benzene rings is 1. The van der Waals surface area contributed by atoms with Gasteiger partial charge in [0.15, 0.2) is 0 Å². The molecular weight excluding hydrogens is 220 g/mol. The van der Waals surface area contributed by atoms with E-state index in [0.29, 0.717) is 24.5 Å². The van der Waals surface area contributed by atoms with Crippen LogP contribution in [0.5, 0.6) is 11.5 Å². The van der Waals surface area contributed by atoms with Crippen LogP contribution in [0.4, 0.5) is 0 Å². The van der Waals surface area contributed by atoms with E-state index in [2.05, 4.69) is 0 Å². The van der Waals surface area contributed by atoms with Crippen molar-refractivity contribution in [3.8, 4) is 11.5 Å².